The van der Waals surface area contributed by atoms with Crippen LogP contribution in [0.25, 0.3) is 0 Å². The molecular weight excluding hydrogens is 296 g/mol. The third-order valence-corrected chi connectivity index (χ3v) is 4.74. The van der Waals surface area contributed by atoms with E-state index in [0.29, 0.717) is 12.5 Å². The highest BCUT2D eigenvalue weighted by atomic mass is 32.1. The van der Waals surface area contributed by atoms with Gasteiger partial charge in [-0.2, -0.15) is 4.37 Å². The Morgan fingerprint density at radius 1 is 1.41 bits per heavy atom. The van der Waals surface area contributed by atoms with E-state index in [1.807, 2.05) is 48.2 Å². The Bertz CT molecular complexity index is 627. The molecule has 116 valence electrons. The topological polar surface area (TPSA) is 42.4 Å². The van der Waals surface area contributed by atoms with Crippen molar-refractivity contribution in [3.63, 3.8) is 0 Å². The maximum atomic E-state index is 12.5. The molecule has 0 aliphatic carbocycles. The van der Waals surface area contributed by atoms with E-state index in [9.17, 15) is 4.79 Å². The SMILES string of the molecule is Cc1cc(C(=O)N2CCCC(COc3ccccc3)C2)sn1. The molecule has 1 aromatic carbocycles. The molecule has 22 heavy (non-hydrogen) atoms. The van der Waals surface area contributed by atoms with Crippen molar-refractivity contribution in [2.45, 2.75) is 19.8 Å². The van der Waals surface area contributed by atoms with Crippen LogP contribution in [0.3, 0.4) is 0 Å². The van der Waals surface area contributed by atoms with Gasteiger partial charge in [-0.15, -0.1) is 0 Å². The number of carbonyl (C=O) groups is 1. The summed E-state index contributed by atoms with van der Waals surface area (Å²) in [5.74, 6) is 1.39. The average Bonchev–Trinajstić information content (AvgIpc) is 3.00. The maximum Gasteiger partial charge on any atom is 0.265 e. The Hall–Kier alpha value is -1.88. The summed E-state index contributed by atoms with van der Waals surface area (Å²) in [7, 11) is 0. The molecule has 0 bridgehead atoms. The molecule has 1 aromatic heterocycles. The van der Waals surface area contributed by atoms with Gasteiger partial charge in [-0.25, -0.2) is 0 Å². The first-order chi connectivity index (χ1) is 10.7. The highest BCUT2D eigenvalue weighted by Crippen LogP contribution is 2.21. The monoisotopic (exact) mass is 316 g/mol. The van der Waals surface area contributed by atoms with Crippen LogP contribution in [-0.2, 0) is 0 Å². The number of benzene rings is 1. The number of hydrogen-bond donors (Lipinski definition) is 0. The summed E-state index contributed by atoms with van der Waals surface area (Å²) >= 11 is 1.29. The Balaban J connectivity index is 1.56. The lowest BCUT2D eigenvalue weighted by molar-refractivity contribution is 0.0638. The van der Waals surface area contributed by atoms with Crippen molar-refractivity contribution in [1.82, 2.24) is 9.27 Å². The summed E-state index contributed by atoms with van der Waals surface area (Å²) in [5.41, 5.74) is 0.911. The van der Waals surface area contributed by atoms with Crippen LogP contribution in [0.1, 0.15) is 28.2 Å². The Labute approximate surface area is 134 Å². The normalized spacial score (nSPS) is 18.2. The number of aromatic nitrogens is 1. The highest BCUT2D eigenvalue weighted by molar-refractivity contribution is 7.08. The van der Waals surface area contributed by atoms with Crippen molar-refractivity contribution in [3.05, 3.63) is 47.0 Å². The molecule has 4 nitrogen and oxygen atoms in total. The number of rotatable bonds is 4. The quantitative estimate of drug-likeness (QED) is 0.868. The number of para-hydroxylation sites is 1. The van der Waals surface area contributed by atoms with Gasteiger partial charge in [-0.3, -0.25) is 4.79 Å². The molecule has 1 saturated heterocycles. The molecule has 0 radical (unpaired) electrons. The summed E-state index contributed by atoms with van der Waals surface area (Å²) in [6, 6.07) is 11.7. The predicted molar refractivity (Wildman–Crippen MR) is 87.4 cm³/mol. The summed E-state index contributed by atoms with van der Waals surface area (Å²) in [5, 5.41) is 0. The lowest BCUT2D eigenvalue weighted by atomic mass is 9.99. The van der Waals surface area contributed by atoms with Crippen LogP contribution in [0, 0.1) is 12.8 Å². The second-order valence-corrected chi connectivity index (χ2v) is 6.52. The third kappa shape index (κ3) is 3.65. The van der Waals surface area contributed by atoms with E-state index in [1.165, 1.54) is 11.5 Å². The molecule has 1 fully saturated rings. The van der Waals surface area contributed by atoms with E-state index in [0.717, 1.165) is 42.3 Å². The average molecular weight is 316 g/mol. The lowest BCUT2D eigenvalue weighted by Crippen LogP contribution is -2.41. The number of aryl methyl sites for hydroxylation is 1. The summed E-state index contributed by atoms with van der Waals surface area (Å²) < 4.78 is 10.0. The van der Waals surface area contributed by atoms with Gasteiger partial charge in [0.1, 0.15) is 10.6 Å². The van der Waals surface area contributed by atoms with Crippen LogP contribution in [0.5, 0.6) is 5.75 Å². The van der Waals surface area contributed by atoms with Crippen molar-refractivity contribution in [2.75, 3.05) is 19.7 Å². The van der Waals surface area contributed by atoms with Gasteiger partial charge in [0, 0.05) is 19.0 Å². The highest BCUT2D eigenvalue weighted by Gasteiger charge is 2.26. The van der Waals surface area contributed by atoms with E-state index in [2.05, 4.69) is 4.37 Å². The second kappa shape index (κ2) is 6.92. The fourth-order valence-electron chi connectivity index (χ4n) is 2.74. The van der Waals surface area contributed by atoms with Gasteiger partial charge in [-0.1, -0.05) is 18.2 Å². The van der Waals surface area contributed by atoms with Gasteiger partial charge in [0.05, 0.1) is 12.3 Å². The van der Waals surface area contributed by atoms with Crippen LogP contribution in [-0.4, -0.2) is 34.9 Å². The zero-order valence-electron chi connectivity index (χ0n) is 12.7. The summed E-state index contributed by atoms with van der Waals surface area (Å²) in [6.45, 7) is 4.18. The first-order valence-electron chi connectivity index (χ1n) is 7.63. The van der Waals surface area contributed by atoms with E-state index in [1.54, 1.807) is 0 Å². The standard InChI is InChI=1S/C17H20N2O2S/c1-13-10-16(22-18-13)17(20)19-9-5-6-14(11-19)12-21-15-7-3-2-4-8-15/h2-4,7-8,10,14H,5-6,9,11-12H2,1H3. The molecule has 2 heterocycles. The predicted octanol–water partition coefficient (Wildman–Crippen LogP) is 3.38. The first kappa shape index (κ1) is 15.0. The zero-order valence-corrected chi connectivity index (χ0v) is 13.5. The van der Waals surface area contributed by atoms with E-state index >= 15 is 0 Å². The number of likely N-dealkylation sites (tertiary alicyclic amines) is 1. The molecule has 1 unspecified atom stereocenters. The van der Waals surface area contributed by atoms with Gasteiger partial charge < -0.3 is 9.64 Å². The van der Waals surface area contributed by atoms with Gasteiger partial charge >= 0.3 is 0 Å². The van der Waals surface area contributed by atoms with Crippen molar-refractivity contribution in [1.29, 1.82) is 0 Å². The molecule has 0 N–H and O–H groups in total. The molecule has 1 amide bonds. The van der Waals surface area contributed by atoms with E-state index in [4.69, 9.17) is 4.74 Å². The molecule has 2 aromatic rings. The number of ether oxygens (including phenoxy) is 1. The minimum Gasteiger partial charge on any atom is -0.493 e. The third-order valence-electron chi connectivity index (χ3n) is 3.87. The van der Waals surface area contributed by atoms with Gasteiger partial charge in [-0.05, 0) is 49.5 Å². The van der Waals surface area contributed by atoms with Gasteiger partial charge in [0.25, 0.3) is 5.91 Å². The number of carbonyl (C=O) groups excluding carboxylic acids is 1. The Kier molecular flexibility index (Phi) is 4.73. The van der Waals surface area contributed by atoms with Crippen molar-refractivity contribution >= 4 is 17.4 Å². The van der Waals surface area contributed by atoms with Crippen molar-refractivity contribution < 1.29 is 9.53 Å². The molecule has 3 rings (SSSR count). The molecule has 1 aliphatic heterocycles. The van der Waals surface area contributed by atoms with Crippen LogP contribution < -0.4 is 4.74 Å². The second-order valence-electron chi connectivity index (χ2n) is 5.72. The fraction of sp³-hybridized carbons (Fsp3) is 0.412. The minimum atomic E-state index is 0.106. The van der Waals surface area contributed by atoms with Gasteiger partial charge in [0.15, 0.2) is 0 Å². The Morgan fingerprint density at radius 3 is 2.95 bits per heavy atom. The van der Waals surface area contributed by atoms with Crippen LogP contribution in [0.4, 0.5) is 0 Å². The summed E-state index contributed by atoms with van der Waals surface area (Å²) in [6.07, 6.45) is 2.14. The fourth-order valence-corrected chi connectivity index (χ4v) is 3.46. The molecule has 5 heteroatoms. The van der Waals surface area contributed by atoms with Crippen molar-refractivity contribution in [3.8, 4) is 5.75 Å². The lowest BCUT2D eigenvalue weighted by Gasteiger charge is -2.32. The molecular formula is C17H20N2O2S. The van der Waals surface area contributed by atoms with Crippen LogP contribution in [0.15, 0.2) is 36.4 Å². The minimum absolute atomic E-state index is 0.106. The number of piperidine rings is 1. The largest absolute Gasteiger partial charge is 0.493 e. The smallest absolute Gasteiger partial charge is 0.265 e. The number of nitrogens with zero attached hydrogens (tertiary/aromatic N) is 2. The van der Waals surface area contributed by atoms with Crippen LogP contribution in [0.2, 0.25) is 0 Å². The number of amides is 1. The van der Waals surface area contributed by atoms with E-state index in [-0.39, 0.29) is 5.91 Å². The molecule has 1 atom stereocenters. The maximum absolute atomic E-state index is 12.5. The Morgan fingerprint density at radius 2 is 2.23 bits per heavy atom. The first-order valence-corrected chi connectivity index (χ1v) is 8.40. The molecule has 0 spiro atoms. The molecule has 1 aliphatic rings. The zero-order chi connectivity index (χ0) is 15.4. The van der Waals surface area contributed by atoms with Crippen molar-refractivity contribution in [2.24, 2.45) is 5.92 Å². The van der Waals surface area contributed by atoms with E-state index < -0.39 is 0 Å². The molecule has 0 saturated carbocycles. The van der Waals surface area contributed by atoms with Crippen LogP contribution >= 0.6 is 11.5 Å². The van der Waals surface area contributed by atoms with Gasteiger partial charge in [0.2, 0.25) is 0 Å². The number of hydrogen-bond acceptors (Lipinski definition) is 4. The summed E-state index contributed by atoms with van der Waals surface area (Å²) in [4.78, 5) is 15.2.